The molecular formula is C17H27N3O5. The van der Waals surface area contributed by atoms with Crippen LogP contribution in [0.4, 0.5) is 4.79 Å². The Kier molecular flexibility index (Phi) is 5.69. The predicted octanol–water partition coefficient (Wildman–Crippen LogP) is 1.04. The van der Waals surface area contributed by atoms with Crippen molar-refractivity contribution in [3.8, 4) is 0 Å². The van der Waals surface area contributed by atoms with Crippen LogP contribution in [0.2, 0.25) is 0 Å². The van der Waals surface area contributed by atoms with E-state index in [9.17, 15) is 19.2 Å². The average Bonchev–Trinajstić information content (AvgIpc) is 2.76. The summed E-state index contributed by atoms with van der Waals surface area (Å²) in [6.07, 6.45) is 4.34. The van der Waals surface area contributed by atoms with E-state index in [1.54, 1.807) is 25.8 Å². The zero-order chi connectivity index (χ0) is 18.8. The third kappa shape index (κ3) is 4.29. The van der Waals surface area contributed by atoms with Crippen LogP contribution in [0.15, 0.2) is 0 Å². The number of nitrogens with zero attached hydrogens (tertiary/aromatic N) is 2. The molecule has 2 rings (SSSR count). The molecule has 8 heteroatoms. The highest BCUT2D eigenvalue weighted by Crippen LogP contribution is 2.22. The van der Waals surface area contributed by atoms with Crippen molar-refractivity contribution < 1.29 is 23.9 Å². The van der Waals surface area contributed by atoms with Gasteiger partial charge in [0.15, 0.2) is 6.10 Å². The molecule has 1 saturated carbocycles. The lowest BCUT2D eigenvalue weighted by Crippen LogP contribution is -2.45. The average molecular weight is 353 g/mol. The quantitative estimate of drug-likeness (QED) is 0.588. The Hall–Kier alpha value is -2.12. The molecule has 0 aromatic heterocycles. The minimum Gasteiger partial charge on any atom is -0.451 e. The van der Waals surface area contributed by atoms with Gasteiger partial charge in [-0.15, -0.1) is 0 Å². The molecular weight excluding hydrogens is 326 g/mol. The molecule has 4 amide bonds. The molecule has 0 unspecified atom stereocenters. The monoisotopic (exact) mass is 353 g/mol. The number of imide groups is 1. The minimum atomic E-state index is -1.04. The molecule has 1 atom stereocenters. The Morgan fingerprint density at radius 3 is 2.40 bits per heavy atom. The summed E-state index contributed by atoms with van der Waals surface area (Å²) >= 11 is 0. The molecule has 1 saturated heterocycles. The van der Waals surface area contributed by atoms with Crippen molar-refractivity contribution in [1.82, 2.24) is 15.1 Å². The van der Waals surface area contributed by atoms with E-state index >= 15 is 0 Å². The number of rotatable bonds is 5. The van der Waals surface area contributed by atoms with Crippen LogP contribution in [-0.2, 0) is 19.1 Å². The van der Waals surface area contributed by atoms with Crippen LogP contribution in [-0.4, -0.2) is 64.9 Å². The maximum absolute atomic E-state index is 12.4. The van der Waals surface area contributed by atoms with E-state index in [4.69, 9.17) is 4.74 Å². The number of amides is 4. The SMILES string of the molecule is C[C@@H](OC(=O)CN1C(=O)NC(C)(C)C1=O)C(=O)N(C)C1CCCCC1. The van der Waals surface area contributed by atoms with E-state index < -0.39 is 36.1 Å². The maximum Gasteiger partial charge on any atom is 0.327 e. The number of carbonyl (C=O) groups is 4. The Morgan fingerprint density at radius 2 is 1.88 bits per heavy atom. The normalized spacial score (nSPS) is 21.7. The fraction of sp³-hybridized carbons (Fsp3) is 0.765. The minimum absolute atomic E-state index is 0.175. The molecule has 0 bridgehead atoms. The van der Waals surface area contributed by atoms with Gasteiger partial charge in [-0.2, -0.15) is 0 Å². The topological polar surface area (TPSA) is 96.0 Å². The lowest BCUT2D eigenvalue weighted by atomic mass is 9.94. The van der Waals surface area contributed by atoms with E-state index in [-0.39, 0.29) is 11.9 Å². The molecule has 140 valence electrons. The van der Waals surface area contributed by atoms with E-state index in [1.807, 2.05) is 0 Å². The van der Waals surface area contributed by atoms with Crippen LogP contribution in [0.3, 0.4) is 0 Å². The number of hydrogen-bond acceptors (Lipinski definition) is 5. The molecule has 1 aliphatic carbocycles. The number of likely N-dealkylation sites (N-methyl/N-ethyl adjacent to an activating group) is 1. The highest BCUT2D eigenvalue weighted by molar-refractivity contribution is 6.08. The van der Waals surface area contributed by atoms with E-state index in [0.717, 1.165) is 30.6 Å². The summed E-state index contributed by atoms with van der Waals surface area (Å²) < 4.78 is 5.15. The fourth-order valence-electron chi connectivity index (χ4n) is 3.31. The van der Waals surface area contributed by atoms with Gasteiger partial charge in [-0.05, 0) is 33.6 Å². The zero-order valence-corrected chi connectivity index (χ0v) is 15.3. The Morgan fingerprint density at radius 1 is 1.28 bits per heavy atom. The van der Waals surface area contributed by atoms with Gasteiger partial charge in [0.25, 0.3) is 11.8 Å². The van der Waals surface area contributed by atoms with E-state index in [2.05, 4.69) is 5.32 Å². The highest BCUT2D eigenvalue weighted by atomic mass is 16.5. The molecule has 1 heterocycles. The number of esters is 1. The summed E-state index contributed by atoms with van der Waals surface area (Å²) in [6, 6.07) is -0.459. The van der Waals surface area contributed by atoms with Crippen molar-refractivity contribution in [3.63, 3.8) is 0 Å². The number of carbonyl (C=O) groups excluding carboxylic acids is 4. The third-order valence-corrected chi connectivity index (χ3v) is 4.86. The smallest absolute Gasteiger partial charge is 0.327 e. The second kappa shape index (κ2) is 7.41. The van der Waals surface area contributed by atoms with Crippen LogP contribution in [0.25, 0.3) is 0 Å². The highest BCUT2D eigenvalue weighted by Gasteiger charge is 2.45. The molecule has 0 spiro atoms. The van der Waals surface area contributed by atoms with Gasteiger partial charge < -0.3 is 15.0 Å². The van der Waals surface area contributed by atoms with Crippen molar-refractivity contribution in [3.05, 3.63) is 0 Å². The zero-order valence-electron chi connectivity index (χ0n) is 15.3. The van der Waals surface area contributed by atoms with Crippen molar-refractivity contribution in [2.75, 3.05) is 13.6 Å². The molecule has 1 N–H and O–H groups in total. The molecule has 25 heavy (non-hydrogen) atoms. The maximum atomic E-state index is 12.4. The molecule has 0 aromatic carbocycles. The van der Waals surface area contributed by atoms with Gasteiger partial charge in [0.2, 0.25) is 0 Å². The number of nitrogens with one attached hydrogen (secondary N) is 1. The Labute approximate surface area is 147 Å². The summed E-state index contributed by atoms with van der Waals surface area (Å²) in [5.74, 6) is -1.54. The molecule has 1 aliphatic heterocycles. The second-order valence-electron chi connectivity index (χ2n) is 7.32. The van der Waals surface area contributed by atoms with Gasteiger partial charge in [0, 0.05) is 13.1 Å². The molecule has 2 aliphatic rings. The van der Waals surface area contributed by atoms with Crippen LogP contribution in [0, 0.1) is 0 Å². The third-order valence-electron chi connectivity index (χ3n) is 4.86. The van der Waals surface area contributed by atoms with Gasteiger partial charge in [0.05, 0.1) is 0 Å². The standard InChI is InChI=1S/C17H27N3O5/c1-11(14(22)19(4)12-8-6-5-7-9-12)25-13(21)10-20-15(23)17(2,3)18-16(20)24/h11-12H,5-10H2,1-4H3,(H,18,24)/t11-/m1/s1. The first kappa shape index (κ1) is 19.2. The molecule has 8 nitrogen and oxygen atoms in total. The first-order valence-corrected chi connectivity index (χ1v) is 8.73. The largest absolute Gasteiger partial charge is 0.451 e. The van der Waals surface area contributed by atoms with Crippen molar-refractivity contribution in [2.45, 2.75) is 70.6 Å². The summed E-state index contributed by atoms with van der Waals surface area (Å²) in [5, 5.41) is 2.49. The lowest BCUT2D eigenvalue weighted by molar-refractivity contribution is -0.161. The Balaban J connectivity index is 1.88. The first-order chi connectivity index (χ1) is 11.6. The molecule has 2 fully saturated rings. The van der Waals surface area contributed by atoms with Gasteiger partial charge in [-0.25, -0.2) is 4.79 Å². The number of ether oxygens (including phenoxy) is 1. The summed E-state index contributed by atoms with van der Waals surface area (Å²) in [7, 11) is 1.72. The Bertz CT molecular complexity index is 569. The molecule has 0 radical (unpaired) electrons. The number of hydrogen-bond donors (Lipinski definition) is 1. The van der Waals surface area contributed by atoms with Crippen LogP contribution < -0.4 is 5.32 Å². The number of urea groups is 1. The van der Waals surface area contributed by atoms with Gasteiger partial charge in [0.1, 0.15) is 12.1 Å². The second-order valence-corrected chi connectivity index (χ2v) is 7.32. The van der Waals surface area contributed by atoms with E-state index in [1.165, 1.54) is 13.3 Å². The van der Waals surface area contributed by atoms with E-state index in [0.29, 0.717) is 0 Å². The van der Waals surface area contributed by atoms with Gasteiger partial charge in [-0.3, -0.25) is 19.3 Å². The predicted molar refractivity (Wildman–Crippen MR) is 89.5 cm³/mol. The lowest BCUT2D eigenvalue weighted by Gasteiger charge is -2.32. The first-order valence-electron chi connectivity index (χ1n) is 8.73. The van der Waals surface area contributed by atoms with Crippen LogP contribution >= 0.6 is 0 Å². The van der Waals surface area contributed by atoms with Gasteiger partial charge >= 0.3 is 12.0 Å². The van der Waals surface area contributed by atoms with Crippen molar-refractivity contribution >= 4 is 23.8 Å². The van der Waals surface area contributed by atoms with Crippen molar-refractivity contribution in [1.29, 1.82) is 0 Å². The molecule has 0 aromatic rings. The van der Waals surface area contributed by atoms with Crippen LogP contribution in [0.1, 0.15) is 52.9 Å². The summed E-state index contributed by atoms with van der Waals surface area (Å²) in [5.41, 5.74) is -1.04. The fourth-order valence-corrected chi connectivity index (χ4v) is 3.31. The van der Waals surface area contributed by atoms with Crippen LogP contribution in [0.5, 0.6) is 0 Å². The summed E-state index contributed by atoms with van der Waals surface area (Å²) in [6.45, 7) is 4.13. The van der Waals surface area contributed by atoms with Gasteiger partial charge in [-0.1, -0.05) is 19.3 Å². The van der Waals surface area contributed by atoms with Crippen molar-refractivity contribution in [2.24, 2.45) is 0 Å². The summed E-state index contributed by atoms with van der Waals surface area (Å²) in [4.78, 5) is 50.8.